The molecule has 4 aromatic rings. The Morgan fingerprint density at radius 1 is 0.754 bits per heavy atom. The fourth-order valence-electron chi connectivity index (χ4n) is 12.8. The molecule has 0 aromatic heterocycles. The lowest BCUT2D eigenvalue weighted by Gasteiger charge is -2.71. The highest BCUT2D eigenvalue weighted by atomic mass is 16.5. The minimum absolute atomic E-state index is 0.0160. The predicted molar refractivity (Wildman–Crippen MR) is 237 cm³/mol. The Bertz CT molecular complexity index is 2380. The number of carbonyl (C=O) groups excluding carboxylic acids is 2. The second kappa shape index (κ2) is 15.2. The minimum Gasteiger partial charge on any atom is -0.497 e. The Morgan fingerprint density at radius 3 is 2.11 bits per heavy atom. The Hall–Kier alpha value is -5.38. The van der Waals surface area contributed by atoms with E-state index in [1.165, 1.54) is 0 Å². The average molecular weight is 823 g/mol. The van der Waals surface area contributed by atoms with Gasteiger partial charge in [-0.25, -0.2) is 4.79 Å². The molecule has 3 saturated carbocycles. The number of methoxy groups -OCH3 is 3. The van der Waals surface area contributed by atoms with E-state index in [1.807, 2.05) is 54.6 Å². The van der Waals surface area contributed by atoms with Crippen LogP contribution in [0.3, 0.4) is 0 Å². The zero-order valence-electron chi connectivity index (χ0n) is 35.9. The molecule has 8 atom stereocenters. The minimum atomic E-state index is -1.29. The van der Waals surface area contributed by atoms with Crippen LogP contribution in [0.4, 0.5) is 10.5 Å². The zero-order chi connectivity index (χ0) is 42.8. The summed E-state index contributed by atoms with van der Waals surface area (Å²) in [5, 5.41) is 27.6. The number of ether oxygens (including phenoxy) is 3. The van der Waals surface area contributed by atoms with E-state index in [0.29, 0.717) is 47.8 Å². The number of fused-ring (bicyclic) bond motifs is 1. The van der Waals surface area contributed by atoms with Gasteiger partial charge in [0.05, 0.1) is 46.1 Å². The third-order valence-corrected chi connectivity index (χ3v) is 16.1. The summed E-state index contributed by atoms with van der Waals surface area (Å²) in [5.41, 5.74) is 1.78. The molecule has 9 nitrogen and oxygen atoms in total. The van der Waals surface area contributed by atoms with E-state index < -0.39 is 27.9 Å². The molecule has 10 rings (SSSR count). The van der Waals surface area contributed by atoms with E-state index in [2.05, 4.69) is 49.5 Å². The van der Waals surface area contributed by atoms with Gasteiger partial charge in [0, 0.05) is 44.7 Å². The molecule has 0 radical (unpaired) electrons. The molecule has 0 saturated heterocycles. The standard InChI is InChI=1S/C52H58N2O7/c1-48-24-21-39(55)30-50(48)27-28-52(42(31-50)46(56)36-13-11-35(12-14-36)34-9-7-6-8-10-34)44(48)22-25-49(2)45(52)23-26-51(49,58)33-54(32-37-15-18-41(60-4)29-43(37)61-5)47(57)53-38-16-19-40(59-3)20-17-38/h6-20,27-29,31,39,44-45,55,58H,21-26,30,32-33H2,1-5H3,(H,53,57). The van der Waals surface area contributed by atoms with Crippen molar-refractivity contribution in [1.29, 1.82) is 0 Å². The Balaban J connectivity index is 1.09. The second-order valence-electron chi connectivity index (χ2n) is 18.8. The number of carbonyl (C=O) groups is 2. The molecule has 6 aliphatic carbocycles. The fourth-order valence-corrected chi connectivity index (χ4v) is 12.8. The summed E-state index contributed by atoms with van der Waals surface area (Å²) >= 11 is 0. The molecule has 4 aromatic carbocycles. The van der Waals surface area contributed by atoms with E-state index >= 15 is 4.79 Å². The third kappa shape index (κ3) is 6.41. The van der Waals surface area contributed by atoms with Gasteiger partial charge in [-0.05, 0) is 110 Å². The van der Waals surface area contributed by atoms with Crippen LogP contribution in [-0.2, 0) is 6.54 Å². The first-order valence-corrected chi connectivity index (χ1v) is 21.8. The third-order valence-electron chi connectivity index (χ3n) is 16.1. The van der Waals surface area contributed by atoms with Crippen molar-refractivity contribution in [2.24, 2.45) is 33.5 Å². The number of aliphatic hydroxyl groups is 2. The molecule has 318 valence electrons. The maximum Gasteiger partial charge on any atom is 0.322 e. The summed E-state index contributed by atoms with van der Waals surface area (Å²) < 4.78 is 16.6. The molecule has 0 aliphatic heterocycles. The lowest BCUT2D eigenvalue weighted by Crippen LogP contribution is -2.67. The number of Topliss-reactive ketones (excluding diaryl/α,β-unsaturated/α-hetero) is 1. The van der Waals surface area contributed by atoms with Gasteiger partial charge in [-0.2, -0.15) is 0 Å². The second-order valence-corrected chi connectivity index (χ2v) is 18.8. The normalized spacial score (nSPS) is 31.9. The van der Waals surface area contributed by atoms with Gasteiger partial charge in [-0.3, -0.25) is 4.79 Å². The van der Waals surface area contributed by atoms with E-state index in [9.17, 15) is 15.0 Å². The summed E-state index contributed by atoms with van der Waals surface area (Å²) in [6.07, 6.45) is 11.4. The first-order valence-electron chi connectivity index (χ1n) is 21.8. The van der Waals surface area contributed by atoms with Gasteiger partial charge in [-0.15, -0.1) is 0 Å². The number of rotatable bonds is 11. The number of amides is 2. The van der Waals surface area contributed by atoms with Gasteiger partial charge in [0.25, 0.3) is 0 Å². The van der Waals surface area contributed by atoms with Crippen LogP contribution >= 0.6 is 0 Å². The van der Waals surface area contributed by atoms with Crippen LogP contribution in [0.1, 0.15) is 74.7 Å². The summed E-state index contributed by atoms with van der Waals surface area (Å²) in [7, 11) is 4.80. The molecule has 3 N–H and O–H groups in total. The largest absolute Gasteiger partial charge is 0.497 e. The average Bonchev–Trinajstić information content (AvgIpc) is 3.56. The van der Waals surface area contributed by atoms with Crippen LogP contribution in [0.25, 0.3) is 11.1 Å². The monoisotopic (exact) mass is 822 g/mol. The van der Waals surface area contributed by atoms with Crippen molar-refractivity contribution in [2.45, 2.75) is 77.0 Å². The molecule has 6 aliphatic rings. The van der Waals surface area contributed by atoms with Crippen molar-refractivity contribution in [1.82, 2.24) is 4.90 Å². The predicted octanol–water partition coefficient (Wildman–Crippen LogP) is 9.89. The van der Waals surface area contributed by atoms with Crippen molar-refractivity contribution in [3.8, 4) is 28.4 Å². The van der Waals surface area contributed by atoms with Gasteiger partial charge in [0.1, 0.15) is 17.2 Å². The SMILES string of the molecule is COc1ccc(NC(=O)N(Cc2ccc(OC)cc2OC)CC2(O)CCC3C45C=CC6(C=C4C(=O)c4ccc(-c7ccccc7)cc4)CC(O)CCC6(C)C5CCC32C)cc1. The van der Waals surface area contributed by atoms with Crippen molar-refractivity contribution in [3.63, 3.8) is 0 Å². The highest BCUT2D eigenvalue weighted by Gasteiger charge is 2.74. The summed E-state index contributed by atoms with van der Waals surface area (Å²) in [5.74, 6) is 1.98. The first kappa shape index (κ1) is 41.0. The fraction of sp³-hybridized carbons (Fsp3) is 0.423. The van der Waals surface area contributed by atoms with Crippen molar-refractivity contribution in [3.05, 3.63) is 132 Å². The van der Waals surface area contributed by atoms with Crippen LogP contribution in [0.15, 0.2) is 121 Å². The summed E-state index contributed by atoms with van der Waals surface area (Å²) in [4.78, 5) is 31.5. The van der Waals surface area contributed by atoms with Crippen LogP contribution in [0.2, 0.25) is 0 Å². The quantitative estimate of drug-likeness (QED) is 0.102. The number of allylic oxidation sites excluding steroid dienone is 4. The van der Waals surface area contributed by atoms with E-state index in [4.69, 9.17) is 14.2 Å². The zero-order valence-corrected chi connectivity index (χ0v) is 35.9. The first-order chi connectivity index (χ1) is 29.3. The van der Waals surface area contributed by atoms with Crippen LogP contribution in [0, 0.1) is 33.5 Å². The number of nitrogens with zero attached hydrogens (tertiary/aromatic N) is 1. The highest BCUT2D eigenvalue weighted by molar-refractivity contribution is 6.10. The number of anilines is 1. The number of aliphatic hydroxyl groups excluding tert-OH is 1. The van der Waals surface area contributed by atoms with Crippen molar-refractivity contribution >= 4 is 17.5 Å². The van der Waals surface area contributed by atoms with E-state index in [-0.39, 0.29) is 42.2 Å². The van der Waals surface area contributed by atoms with Gasteiger partial charge < -0.3 is 34.6 Å². The maximum absolute atomic E-state index is 15.3. The molecule has 3 fully saturated rings. The van der Waals surface area contributed by atoms with E-state index in [0.717, 1.165) is 47.9 Å². The molecule has 2 bridgehead atoms. The van der Waals surface area contributed by atoms with Crippen molar-refractivity contribution in [2.75, 3.05) is 33.2 Å². The van der Waals surface area contributed by atoms with Crippen LogP contribution in [0.5, 0.6) is 17.2 Å². The van der Waals surface area contributed by atoms with Gasteiger partial charge in [-0.1, -0.05) is 86.7 Å². The number of nitrogens with one attached hydrogen (secondary N) is 1. The molecular weight excluding hydrogens is 765 g/mol. The Labute approximate surface area is 359 Å². The number of hydrogen-bond acceptors (Lipinski definition) is 7. The Morgan fingerprint density at radius 2 is 1.41 bits per heavy atom. The number of hydrogen-bond donors (Lipinski definition) is 3. The highest BCUT2D eigenvalue weighted by Crippen LogP contribution is 2.78. The number of ketones is 1. The topological polar surface area (TPSA) is 118 Å². The molecule has 2 spiro atoms. The van der Waals surface area contributed by atoms with Gasteiger partial charge in [0.15, 0.2) is 5.78 Å². The van der Waals surface area contributed by atoms with Gasteiger partial charge >= 0.3 is 6.03 Å². The van der Waals surface area contributed by atoms with Crippen LogP contribution in [-0.4, -0.2) is 66.5 Å². The molecule has 9 heteroatoms. The van der Waals surface area contributed by atoms with Crippen molar-refractivity contribution < 1.29 is 34.0 Å². The maximum atomic E-state index is 15.3. The molecule has 2 amide bonds. The number of benzene rings is 4. The van der Waals surface area contributed by atoms with E-state index in [1.54, 1.807) is 56.6 Å². The molecule has 0 heterocycles. The summed E-state index contributed by atoms with van der Waals surface area (Å²) in [6, 6.07) is 30.6. The lowest BCUT2D eigenvalue weighted by atomic mass is 9.32. The lowest BCUT2D eigenvalue weighted by molar-refractivity contribution is -0.174. The molecule has 8 unspecified atom stereocenters. The smallest absolute Gasteiger partial charge is 0.322 e. The molecular formula is C52H58N2O7. The molecule has 61 heavy (non-hydrogen) atoms. The van der Waals surface area contributed by atoms with Crippen LogP contribution < -0.4 is 19.5 Å². The summed E-state index contributed by atoms with van der Waals surface area (Å²) in [6.45, 7) is 4.85. The number of urea groups is 1. The van der Waals surface area contributed by atoms with Gasteiger partial charge in [0.2, 0.25) is 0 Å². The Kier molecular flexibility index (Phi) is 10.2.